The molecular weight excluding hydrogens is 396 g/mol. The first kappa shape index (κ1) is 20.0. The molecule has 8 nitrogen and oxygen atoms in total. The van der Waals surface area contributed by atoms with Crippen molar-refractivity contribution in [1.82, 2.24) is 0 Å². The summed E-state index contributed by atoms with van der Waals surface area (Å²) in [5.41, 5.74) is 0.974. The van der Waals surface area contributed by atoms with Crippen molar-refractivity contribution in [3.63, 3.8) is 0 Å². The van der Waals surface area contributed by atoms with Gasteiger partial charge in [0.2, 0.25) is 0 Å². The van der Waals surface area contributed by atoms with Crippen LogP contribution in [-0.2, 0) is 19.2 Å². The molecule has 0 atom stereocenters. The van der Waals surface area contributed by atoms with Crippen molar-refractivity contribution in [3.05, 3.63) is 84.5 Å². The first-order valence-electron chi connectivity index (χ1n) is 8.34. The second-order valence-electron chi connectivity index (χ2n) is 5.65. The van der Waals surface area contributed by atoms with E-state index in [1.807, 2.05) is 0 Å². The molecule has 0 saturated carbocycles. The fourth-order valence-corrected chi connectivity index (χ4v) is 2.91. The molecular formula is C20H16N2O6S. The third-order valence-corrected chi connectivity index (χ3v) is 4.80. The standard InChI is InChI=1S/C20H16N2O6S/c1-26-18-11-13-19(14-12-18)29(24,25)28-22-17-9-7-16(8-10-17)21-27-20(23)15-5-3-2-4-6-15/h2-14H,1H3. The Morgan fingerprint density at radius 2 is 1.41 bits per heavy atom. The topological polar surface area (TPSA) is 104 Å². The summed E-state index contributed by atoms with van der Waals surface area (Å²) in [5, 5.41) is 7.35. The Morgan fingerprint density at radius 3 is 2.00 bits per heavy atom. The minimum Gasteiger partial charge on any atom is -0.497 e. The van der Waals surface area contributed by atoms with Gasteiger partial charge in [-0.05, 0) is 60.7 Å². The zero-order valence-corrected chi connectivity index (χ0v) is 16.1. The van der Waals surface area contributed by atoms with Gasteiger partial charge < -0.3 is 9.57 Å². The summed E-state index contributed by atoms with van der Waals surface area (Å²) in [4.78, 5) is 16.7. The van der Waals surface area contributed by atoms with Crippen molar-refractivity contribution in [2.24, 2.45) is 10.3 Å². The highest BCUT2D eigenvalue weighted by atomic mass is 32.2. The van der Waals surface area contributed by atoms with Gasteiger partial charge in [0.25, 0.3) is 0 Å². The van der Waals surface area contributed by atoms with E-state index in [0.717, 1.165) is 0 Å². The zero-order valence-electron chi connectivity index (χ0n) is 15.3. The molecule has 2 aromatic carbocycles. The zero-order chi connectivity index (χ0) is 20.7. The van der Waals surface area contributed by atoms with Crippen LogP contribution in [0, 0.1) is 0 Å². The first-order chi connectivity index (χ1) is 14.0. The molecule has 0 unspecified atom stereocenters. The van der Waals surface area contributed by atoms with Gasteiger partial charge in [-0.3, -0.25) is 4.28 Å². The summed E-state index contributed by atoms with van der Waals surface area (Å²) in [5.74, 6) is -0.0681. The van der Waals surface area contributed by atoms with Crippen LogP contribution in [-0.4, -0.2) is 32.9 Å². The Morgan fingerprint density at radius 1 is 0.828 bits per heavy atom. The summed E-state index contributed by atoms with van der Waals surface area (Å²) < 4.78 is 34.0. The second-order valence-corrected chi connectivity index (χ2v) is 7.18. The molecule has 148 valence electrons. The number of hydrogen-bond acceptors (Lipinski definition) is 8. The van der Waals surface area contributed by atoms with Gasteiger partial charge in [0.05, 0.1) is 12.7 Å². The van der Waals surface area contributed by atoms with Crippen molar-refractivity contribution < 1.29 is 27.1 Å². The molecule has 0 spiro atoms. The number of carbonyl (C=O) groups is 1. The summed E-state index contributed by atoms with van der Waals surface area (Å²) in [6.07, 6.45) is 5.94. The number of carbonyl (C=O) groups excluding carboxylic acids is 1. The SMILES string of the molecule is COc1ccc(S(=O)(=O)ON=C2C=CC(=NOC(=O)c3ccccc3)C=C2)cc1. The molecule has 0 fully saturated rings. The van der Waals surface area contributed by atoms with Crippen molar-refractivity contribution in [1.29, 1.82) is 0 Å². The minimum atomic E-state index is -4.06. The largest absolute Gasteiger partial charge is 0.497 e. The molecule has 0 N–H and O–H groups in total. The van der Waals surface area contributed by atoms with Crippen molar-refractivity contribution in [2.75, 3.05) is 7.11 Å². The molecule has 3 rings (SSSR count). The van der Waals surface area contributed by atoms with Gasteiger partial charge in [-0.1, -0.05) is 28.5 Å². The Kier molecular flexibility index (Phi) is 6.20. The van der Waals surface area contributed by atoms with Gasteiger partial charge in [-0.15, -0.1) is 0 Å². The van der Waals surface area contributed by atoms with E-state index in [9.17, 15) is 13.2 Å². The van der Waals surface area contributed by atoms with E-state index >= 15 is 0 Å². The molecule has 0 aliphatic heterocycles. The molecule has 2 aromatic rings. The second kappa shape index (κ2) is 8.98. The van der Waals surface area contributed by atoms with E-state index in [-0.39, 0.29) is 10.6 Å². The molecule has 0 heterocycles. The van der Waals surface area contributed by atoms with Crippen molar-refractivity contribution >= 4 is 27.5 Å². The van der Waals surface area contributed by atoms with E-state index in [4.69, 9.17) is 13.9 Å². The highest BCUT2D eigenvalue weighted by Gasteiger charge is 2.16. The molecule has 29 heavy (non-hydrogen) atoms. The Bertz CT molecular complexity index is 1080. The molecule has 0 aromatic heterocycles. The van der Waals surface area contributed by atoms with Crippen LogP contribution in [0.4, 0.5) is 0 Å². The van der Waals surface area contributed by atoms with E-state index in [2.05, 4.69) is 10.3 Å². The summed E-state index contributed by atoms with van der Waals surface area (Å²) >= 11 is 0. The maximum Gasteiger partial charge on any atom is 0.365 e. The number of hydrogen-bond donors (Lipinski definition) is 0. The smallest absolute Gasteiger partial charge is 0.365 e. The third kappa shape index (κ3) is 5.39. The predicted octanol–water partition coefficient (Wildman–Crippen LogP) is 3.10. The minimum absolute atomic E-state index is 0.0542. The third-order valence-electron chi connectivity index (χ3n) is 3.68. The highest BCUT2D eigenvalue weighted by molar-refractivity contribution is 7.86. The van der Waals surface area contributed by atoms with Gasteiger partial charge in [-0.25, -0.2) is 4.79 Å². The Balaban J connectivity index is 1.60. The average molecular weight is 412 g/mol. The fraction of sp³-hybridized carbons (Fsp3) is 0.0500. The number of oxime groups is 2. The molecule has 1 aliphatic carbocycles. The summed E-state index contributed by atoms with van der Waals surface area (Å²) in [7, 11) is -2.58. The van der Waals surface area contributed by atoms with Gasteiger partial charge in [-0.2, -0.15) is 8.42 Å². The number of benzene rings is 2. The molecule has 0 bridgehead atoms. The number of rotatable bonds is 6. The number of nitrogens with zero attached hydrogens (tertiary/aromatic N) is 2. The number of allylic oxidation sites excluding steroid dienone is 4. The summed E-state index contributed by atoms with van der Waals surface area (Å²) in [6.45, 7) is 0. The van der Waals surface area contributed by atoms with Crippen LogP contribution in [0.25, 0.3) is 0 Å². The van der Waals surface area contributed by atoms with E-state index in [1.165, 1.54) is 55.7 Å². The van der Waals surface area contributed by atoms with Crippen LogP contribution in [0.5, 0.6) is 5.75 Å². The van der Waals surface area contributed by atoms with Crippen LogP contribution in [0.2, 0.25) is 0 Å². The molecule has 1 aliphatic rings. The van der Waals surface area contributed by atoms with Gasteiger partial charge >= 0.3 is 16.1 Å². The van der Waals surface area contributed by atoms with Crippen LogP contribution in [0.1, 0.15) is 10.4 Å². The van der Waals surface area contributed by atoms with Crippen LogP contribution >= 0.6 is 0 Å². The number of ether oxygens (including phenoxy) is 1. The summed E-state index contributed by atoms with van der Waals surface area (Å²) in [6, 6.07) is 14.2. The molecule has 0 saturated heterocycles. The van der Waals surface area contributed by atoms with E-state index in [0.29, 0.717) is 17.0 Å². The van der Waals surface area contributed by atoms with Crippen molar-refractivity contribution in [3.8, 4) is 5.75 Å². The van der Waals surface area contributed by atoms with Gasteiger partial charge in [0.1, 0.15) is 22.1 Å². The van der Waals surface area contributed by atoms with E-state index in [1.54, 1.807) is 30.3 Å². The lowest BCUT2D eigenvalue weighted by atomic mass is 10.1. The fourth-order valence-electron chi connectivity index (χ4n) is 2.17. The van der Waals surface area contributed by atoms with Crippen molar-refractivity contribution in [2.45, 2.75) is 4.90 Å². The van der Waals surface area contributed by atoms with Gasteiger partial charge in [0, 0.05) is 0 Å². The lowest BCUT2D eigenvalue weighted by molar-refractivity contribution is 0.0517. The quantitative estimate of drug-likeness (QED) is 0.410. The van der Waals surface area contributed by atoms with Crippen LogP contribution in [0.15, 0.2) is 94.1 Å². The predicted molar refractivity (Wildman–Crippen MR) is 106 cm³/mol. The maximum atomic E-state index is 12.2. The normalized spacial score (nSPS) is 13.0. The van der Waals surface area contributed by atoms with Gasteiger partial charge in [0.15, 0.2) is 0 Å². The molecule has 0 amide bonds. The Labute approximate surface area is 167 Å². The molecule has 9 heteroatoms. The van der Waals surface area contributed by atoms with Crippen LogP contribution in [0.3, 0.4) is 0 Å². The maximum absolute atomic E-state index is 12.2. The number of methoxy groups -OCH3 is 1. The average Bonchev–Trinajstić information content (AvgIpc) is 2.77. The highest BCUT2D eigenvalue weighted by Crippen LogP contribution is 2.17. The lowest BCUT2D eigenvalue weighted by Gasteiger charge is -2.05. The first-order valence-corrected chi connectivity index (χ1v) is 9.75. The van der Waals surface area contributed by atoms with E-state index < -0.39 is 16.1 Å². The Hall–Kier alpha value is -3.72. The molecule has 0 radical (unpaired) electrons. The van der Waals surface area contributed by atoms with Crippen LogP contribution < -0.4 is 4.74 Å². The monoisotopic (exact) mass is 412 g/mol. The lowest BCUT2D eigenvalue weighted by Crippen LogP contribution is -2.07.